The molecule has 1 amide bonds. The molecular weight excluding hydrogens is 469 g/mol. The lowest BCUT2D eigenvalue weighted by molar-refractivity contribution is -0.142. The predicted octanol–water partition coefficient (Wildman–Crippen LogP) is 5.85. The predicted molar refractivity (Wildman–Crippen MR) is 131 cm³/mol. The van der Waals surface area contributed by atoms with Gasteiger partial charge in [-0.2, -0.15) is 13.2 Å². The van der Waals surface area contributed by atoms with Gasteiger partial charge >= 0.3 is 12.1 Å². The van der Waals surface area contributed by atoms with Gasteiger partial charge in [0.15, 0.2) is 0 Å². The first-order valence-corrected chi connectivity index (χ1v) is 11.8. The Balaban J connectivity index is 1.89. The lowest BCUT2D eigenvalue weighted by atomic mass is 9.96. The minimum absolute atomic E-state index is 0.00368. The number of carbonyl (C=O) groups excluding carboxylic acids is 2. The molecule has 3 aromatic rings. The minimum atomic E-state index is -4.52. The first kappa shape index (κ1) is 26.9. The summed E-state index contributed by atoms with van der Waals surface area (Å²) in [5.74, 6) is -0.552. The van der Waals surface area contributed by atoms with Crippen LogP contribution >= 0.6 is 0 Å². The molecule has 1 heterocycles. The Morgan fingerprint density at radius 3 is 2.39 bits per heavy atom. The molecule has 0 aliphatic carbocycles. The highest BCUT2D eigenvalue weighted by Crippen LogP contribution is 2.34. The summed E-state index contributed by atoms with van der Waals surface area (Å²) in [6, 6.07) is 14.8. The zero-order valence-electron chi connectivity index (χ0n) is 20.3. The van der Waals surface area contributed by atoms with Crippen molar-refractivity contribution in [2.75, 3.05) is 13.2 Å². The Kier molecular flexibility index (Phi) is 9.22. The molecule has 0 unspecified atom stereocenters. The molecule has 0 radical (unpaired) electrons. The third kappa shape index (κ3) is 7.41. The summed E-state index contributed by atoms with van der Waals surface area (Å²) in [7, 11) is 0. The molecule has 1 aromatic heterocycles. The number of ether oxygens (including phenoxy) is 1. The van der Waals surface area contributed by atoms with Crippen LogP contribution in [0.3, 0.4) is 0 Å². The zero-order chi connectivity index (χ0) is 26.1. The van der Waals surface area contributed by atoms with Crippen molar-refractivity contribution in [3.05, 3.63) is 89.2 Å². The number of carbonyl (C=O) groups is 2. The Morgan fingerprint density at radius 2 is 1.72 bits per heavy atom. The number of aromatic nitrogens is 1. The lowest BCUT2D eigenvalue weighted by Gasteiger charge is -2.24. The van der Waals surface area contributed by atoms with E-state index in [0.717, 1.165) is 17.7 Å². The van der Waals surface area contributed by atoms with E-state index in [2.05, 4.69) is 4.98 Å². The molecule has 0 aliphatic heterocycles. The van der Waals surface area contributed by atoms with Crippen molar-refractivity contribution in [2.45, 2.75) is 45.8 Å². The monoisotopic (exact) mass is 498 g/mol. The van der Waals surface area contributed by atoms with Crippen molar-refractivity contribution in [3.8, 4) is 11.1 Å². The number of pyridine rings is 1. The second-order valence-electron chi connectivity index (χ2n) is 8.33. The fraction of sp³-hybridized carbons (Fsp3) is 0.321. The number of nitrogens with zero attached hydrogens (tertiary/aromatic N) is 2. The average molecular weight is 499 g/mol. The molecule has 3 rings (SSSR count). The molecule has 0 fully saturated rings. The number of halogens is 3. The van der Waals surface area contributed by atoms with Crippen LogP contribution in [0, 0.1) is 0 Å². The number of alkyl halides is 3. The summed E-state index contributed by atoms with van der Waals surface area (Å²) in [5, 5.41) is 0. The topological polar surface area (TPSA) is 59.5 Å². The average Bonchev–Trinajstić information content (AvgIpc) is 2.86. The van der Waals surface area contributed by atoms with E-state index in [1.807, 2.05) is 30.3 Å². The number of aryl methyl sites for hydroxylation is 1. The number of benzene rings is 2. The number of hydrogen-bond donors (Lipinski definition) is 0. The molecule has 0 saturated heterocycles. The van der Waals surface area contributed by atoms with Gasteiger partial charge < -0.3 is 9.64 Å². The van der Waals surface area contributed by atoms with E-state index in [9.17, 15) is 22.8 Å². The van der Waals surface area contributed by atoms with Crippen molar-refractivity contribution in [2.24, 2.45) is 0 Å². The summed E-state index contributed by atoms with van der Waals surface area (Å²) < 4.78 is 45.6. The van der Waals surface area contributed by atoms with E-state index in [-0.39, 0.29) is 31.9 Å². The second-order valence-corrected chi connectivity index (χ2v) is 8.33. The maximum Gasteiger partial charge on any atom is 0.416 e. The smallest absolute Gasteiger partial charge is 0.416 e. The van der Waals surface area contributed by atoms with E-state index in [4.69, 9.17) is 4.74 Å². The molecule has 0 atom stereocenters. The van der Waals surface area contributed by atoms with Crippen LogP contribution in [0.2, 0.25) is 0 Å². The van der Waals surface area contributed by atoms with E-state index in [1.54, 1.807) is 24.8 Å². The minimum Gasteiger partial charge on any atom is -0.466 e. The van der Waals surface area contributed by atoms with Gasteiger partial charge in [0.2, 0.25) is 5.91 Å². The van der Waals surface area contributed by atoms with Crippen molar-refractivity contribution in [3.63, 3.8) is 0 Å². The quantitative estimate of drug-likeness (QED) is 0.329. The highest BCUT2D eigenvalue weighted by atomic mass is 19.4. The Labute approximate surface area is 208 Å². The number of amides is 1. The normalized spacial score (nSPS) is 11.2. The van der Waals surface area contributed by atoms with Crippen LogP contribution in [0.4, 0.5) is 13.2 Å². The molecule has 0 bridgehead atoms. The lowest BCUT2D eigenvalue weighted by Crippen LogP contribution is -2.30. The highest BCUT2D eigenvalue weighted by Gasteiger charge is 2.31. The first-order chi connectivity index (χ1) is 17.2. The fourth-order valence-electron chi connectivity index (χ4n) is 3.93. The molecule has 8 heteroatoms. The van der Waals surface area contributed by atoms with Gasteiger partial charge in [0.1, 0.15) is 0 Å². The summed E-state index contributed by atoms with van der Waals surface area (Å²) in [6.45, 7) is 4.13. The number of esters is 1. The largest absolute Gasteiger partial charge is 0.466 e. The van der Waals surface area contributed by atoms with Crippen molar-refractivity contribution < 1.29 is 27.5 Å². The van der Waals surface area contributed by atoms with Gasteiger partial charge in [-0.15, -0.1) is 0 Å². The standard InChI is InChI=1S/C28H29F3N2O3/c1-3-33(26(34)13-10-20-8-6-5-7-9-20)19-23-16-24(28(29,30)31)11-12-25(23)22-14-21(17-32-18-22)15-27(35)36-4-2/h5-9,11-12,14,16-18H,3-4,10,13,15,19H2,1-2H3. The van der Waals surface area contributed by atoms with Crippen LogP contribution in [0.1, 0.15) is 42.5 Å². The molecule has 0 spiro atoms. The maximum atomic E-state index is 13.5. The van der Waals surface area contributed by atoms with E-state index in [1.165, 1.54) is 18.5 Å². The Morgan fingerprint density at radius 1 is 0.972 bits per heavy atom. The van der Waals surface area contributed by atoms with Crippen LogP contribution in [-0.2, 0) is 39.9 Å². The van der Waals surface area contributed by atoms with Gasteiger partial charge in [0.05, 0.1) is 18.6 Å². The van der Waals surface area contributed by atoms with E-state index >= 15 is 0 Å². The SMILES string of the molecule is CCOC(=O)Cc1cncc(-c2ccc(C(F)(F)F)cc2CN(CC)C(=O)CCc2ccccc2)c1. The van der Waals surface area contributed by atoms with E-state index in [0.29, 0.717) is 35.2 Å². The Hall–Kier alpha value is -3.68. The van der Waals surface area contributed by atoms with Crippen LogP contribution in [0.5, 0.6) is 0 Å². The van der Waals surface area contributed by atoms with Gasteiger partial charge in [-0.05, 0) is 60.7 Å². The molecule has 36 heavy (non-hydrogen) atoms. The summed E-state index contributed by atoms with van der Waals surface area (Å²) in [6.07, 6.45) is -0.659. The molecule has 0 saturated carbocycles. The third-order valence-electron chi connectivity index (χ3n) is 5.76. The maximum absolute atomic E-state index is 13.5. The summed E-state index contributed by atoms with van der Waals surface area (Å²) in [5.41, 5.74) is 2.26. The number of rotatable bonds is 10. The molecular formula is C28H29F3N2O3. The molecule has 0 aliphatic rings. The Bertz CT molecular complexity index is 1180. The van der Waals surface area contributed by atoms with Gasteiger partial charge in [-0.1, -0.05) is 36.4 Å². The fourth-order valence-corrected chi connectivity index (χ4v) is 3.93. The van der Waals surface area contributed by atoms with Crippen molar-refractivity contribution >= 4 is 11.9 Å². The van der Waals surface area contributed by atoms with Crippen LogP contribution < -0.4 is 0 Å². The second kappa shape index (κ2) is 12.3. The zero-order valence-corrected chi connectivity index (χ0v) is 20.3. The van der Waals surface area contributed by atoms with Gasteiger partial charge in [0, 0.05) is 37.5 Å². The number of hydrogen-bond acceptors (Lipinski definition) is 4. The van der Waals surface area contributed by atoms with E-state index < -0.39 is 17.7 Å². The first-order valence-electron chi connectivity index (χ1n) is 11.8. The van der Waals surface area contributed by atoms with Crippen LogP contribution in [0.25, 0.3) is 11.1 Å². The van der Waals surface area contributed by atoms with Crippen molar-refractivity contribution in [1.82, 2.24) is 9.88 Å². The molecule has 190 valence electrons. The van der Waals surface area contributed by atoms with Crippen molar-refractivity contribution in [1.29, 1.82) is 0 Å². The molecule has 5 nitrogen and oxygen atoms in total. The highest BCUT2D eigenvalue weighted by molar-refractivity contribution is 5.77. The molecule has 0 N–H and O–H groups in total. The molecule has 2 aromatic carbocycles. The third-order valence-corrected chi connectivity index (χ3v) is 5.76. The van der Waals surface area contributed by atoms with Gasteiger partial charge in [0.25, 0.3) is 0 Å². The van der Waals surface area contributed by atoms with Gasteiger partial charge in [-0.25, -0.2) is 0 Å². The summed E-state index contributed by atoms with van der Waals surface area (Å²) in [4.78, 5) is 30.6. The van der Waals surface area contributed by atoms with Gasteiger partial charge in [-0.3, -0.25) is 14.6 Å². The van der Waals surface area contributed by atoms with Crippen LogP contribution in [-0.4, -0.2) is 34.9 Å². The van der Waals surface area contributed by atoms with Crippen LogP contribution in [0.15, 0.2) is 67.0 Å². The summed E-state index contributed by atoms with van der Waals surface area (Å²) >= 11 is 0.